The maximum Gasteiger partial charge on any atom is 0.0512 e. The molecule has 1 aliphatic rings. The summed E-state index contributed by atoms with van der Waals surface area (Å²) in [5.41, 5.74) is 4.26. The highest BCUT2D eigenvalue weighted by atomic mass is 16.5. The fourth-order valence-corrected chi connectivity index (χ4v) is 2.89. The van der Waals surface area contributed by atoms with Crippen LogP contribution >= 0.6 is 0 Å². The van der Waals surface area contributed by atoms with Crippen LogP contribution in [-0.2, 0) is 4.74 Å². The first-order valence-electron chi connectivity index (χ1n) is 7.11. The normalized spacial score (nSPS) is 21.8. The second kappa shape index (κ2) is 6.35. The number of benzene rings is 1. The first kappa shape index (κ1) is 13.6. The van der Waals surface area contributed by atoms with Crippen LogP contribution in [0.3, 0.4) is 0 Å². The number of hydrogen-bond donors (Lipinski definition) is 1. The van der Waals surface area contributed by atoms with Gasteiger partial charge in [-0.25, -0.2) is 0 Å². The molecule has 0 spiro atoms. The van der Waals surface area contributed by atoms with Gasteiger partial charge in [-0.15, -0.1) is 0 Å². The standard InChI is InChI=1S/C16H25NO/c1-4-17-16(14-8-6-10-18-11-14)15-9-5-7-12(2)13(15)3/h5,7,9,14,16-17H,4,6,8,10-11H2,1-3H3. The topological polar surface area (TPSA) is 21.3 Å². The van der Waals surface area contributed by atoms with Gasteiger partial charge in [0.2, 0.25) is 0 Å². The number of ether oxygens (including phenoxy) is 1. The van der Waals surface area contributed by atoms with Crippen molar-refractivity contribution >= 4 is 0 Å². The highest BCUT2D eigenvalue weighted by molar-refractivity contribution is 5.35. The van der Waals surface area contributed by atoms with Crippen molar-refractivity contribution in [3.63, 3.8) is 0 Å². The van der Waals surface area contributed by atoms with Gasteiger partial charge >= 0.3 is 0 Å². The molecule has 1 saturated heterocycles. The zero-order valence-electron chi connectivity index (χ0n) is 11.8. The van der Waals surface area contributed by atoms with Crippen LogP contribution < -0.4 is 5.32 Å². The van der Waals surface area contributed by atoms with E-state index < -0.39 is 0 Å². The molecule has 0 bridgehead atoms. The number of aryl methyl sites for hydroxylation is 1. The Hall–Kier alpha value is -0.860. The first-order valence-corrected chi connectivity index (χ1v) is 7.11. The van der Waals surface area contributed by atoms with Crippen molar-refractivity contribution in [3.05, 3.63) is 34.9 Å². The Morgan fingerprint density at radius 1 is 1.39 bits per heavy atom. The maximum atomic E-state index is 5.66. The summed E-state index contributed by atoms with van der Waals surface area (Å²) in [7, 11) is 0. The van der Waals surface area contributed by atoms with Crippen LogP contribution in [0.15, 0.2) is 18.2 Å². The van der Waals surface area contributed by atoms with E-state index in [1.54, 1.807) is 0 Å². The lowest BCUT2D eigenvalue weighted by atomic mass is 9.85. The van der Waals surface area contributed by atoms with Crippen molar-refractivity contribution in [2.24, 2.45) is 5.92 Å². The van der Waals surface area contributed by atoms with Crippen molar-refractivity contribution in [3.8, 4) is 0 Å². The largest absolute Gasteiger partial charge is 0.381 e. The summed E-state index contributed by atoms with van der Waals surface area (Å²) in [4.78, 5) is 0. The van der Waals surface area contributed by atoms with Gasteiger partial charge in [0.1, 0.15) is 0 Å². The molecule has 18 heavy (non-hydrogen) atoms. The molecule has 0 amide bonds. The average Bonchev–Trinajstić information content (AvgIpc) is 2.41. The third-order valence-electron chi connectivity index (χ3n) is 4.07. The van der Waals surface area contributed by atoms with Crippen LogP contribution in [0.4, 0.5) is 0 Å². The van der Waals surface area contributed by atoms with Gasteiger partial charge in [-0.1, -0.05) is 25.1 Å². The lowest BCUT2D eigenvalue weighted by molar-refractivity contribution is 0.0392. The third-order valence-corrected chi connectivity index (χ3v) is 4.07. The minimum Gasteiger partial charge on any atom is -0.381 e. The van der Waals surface area contributed by atoms with Crippen molar-refractivity contribution in [1.29, 1.82) is 0 Å². The molecule has 1 aromatic rings. The lowest BCUT2D eigenvalue weighted by Crippen LogP contribution is -2.33. The Labute approximate surface area is 111 Å². The van der Waals surface area contributed by atoms with Gasteiger partial charge in [0, 0.05) is 18.6 Å². The highest BCUT2D eigenvalue weighted by Gasteiger charge is 2.26. The molecule has 2 heteroatoms. The summed E-state index contributed by atoms with van der Waals surface area (Å²) in [6.07, 6.45) is 2.46. The Bertz CT molecular complexity index is 383. The van der Waals surface area contributed by atoms with Crippen LogP contribution in [0.25, 0.3) is 0 Å². The fraction of sp³-hybridized carbons (Fsp3) is 0.625. The van der Waals surface area contributed by atoms with Gasteiger partial charge < -0.3 is 10.1 Å². The molecule has 1 N–H and O–H groups in total. The Kier molecular flexibility index (Phi) is 4.79. The molecule has 0 aliphatic carbocycles. The molecule has 2 rings (SSSR count). The van der Waals surface area contributed by atoms with Crippen LogP contribution in [0.5, 0.6) is 0 Å². The van der Waals surface area contributed by atoms with E-state index in [-0.39, 0.29) is 0 Å². The molecular weight excluding hydrogens is 222 g/mol. The summed E-state index contributed by atoms with van der Waals surface area (Å²) in [6, 6.07) is 7.07. The number of rotatable bonds is 4. The molecule has 1 aromatic carbocycles. The highest BCUT2D eigenvalue weighted by Crippen LogP contribution is 2.31. The van der Waals surface area contributed by atoms with Gasteiger partial charge in [-0.3, -0.25) is 0 Å². The molecule has 0 saturated carbocycles. The lowest BCUT2D eigenvalue weighted by Gasteiger charge is -2.32. The van der Waals surface area contributed by atoms with Crippen molar-refractivity contribution in [1.82, 2.24) is 5.32 Å². The smallest absolute Gasteiger partial charge is 0.0512 e. The molecule has 1 fully saturated rings. The molecule has 0 aromatic heterocycles. The summed E-state index contributed by atoms with van der Waals surface area (Å²) in [5.74, 6) is 0.610. The molecule has 2 nitrogen and oxygen atoms in total. The van der Waals surface area contributed by atoms with E-state index in [1.165, 1.54) is 29.5 Å². The van der Waals surface area contributed by atoms with Gasteiger partial charge in [0.05, 0.1) is 6.61 Å². The second-order valence-corrected chi connectivity index (χ2v) is 5.30. The summed E-state index contributed by atoms with van der Waals surface area (Å²) >= 11 is 0. The van der Waals surface area contributed by atoms with Crippen LogP contribution in [0, 0.1) is 19.8 Å². The third kappa shape index (κ3) is 2.93. The predicted octanol–water partition coefficient (Wildman–Crippen LogP) is 3.38. The van der Waals surface area contributed by atoms with E-state index in [2.05, 4.69) is 44.3 Å². The van der Waals surface area contributed by atoms with Crippen molar-refractivity contribution in [2.75, 3.05) is 19.8 Å². The van der Waals surface area contributed by atoms with Gasteiger partial charge in [0.25, 0.3) is 0 Å². The van der Waals surface area contributed by atoms with E-state index in [4.69, 9.17) is 4.74 Å². The molecule has 1 aliphatic heterocycles. The van der Waals surface area contributed by atoms with Crippen molar-refractivity contribution < 1.29 is 4.74 Å². The molecule has 2 atom stereocenters. The molecule has 100 valence electrons. The molecule has 1 heterocycles. The molecular formula is C16H25NO. The van der Waals surface area contributed by atoms with Gasteiger partial charge in [-0.2, -0.15) is 0 Å². The fourth-order valence-electron chi connectivity index (χ4n) is 2.89. The quantitative estimate of drug-likeness (QED) is 0.880. The second-order valence-electron chi connectivity index (χ2n) is 5.30. The minimum absolute atomic E-state index is 0.440. The average molecular weight is 247 g/mol. The van der Waals surface area contributed by atoms with Crippen molar-refractivity contribution in [2.45, 2.75) is 39.7 Å². The van der Waals surface area contributed by atoms with E-state index in [9.17, 15) is 0 Å². The zero-order valence-corrected chi connectivity index (χ0v) is 11.8. The molecule has 0 radical (unpaired) electrons. The molecule has 2 unspecified atom stereocenters. The Morgan fingerprint density at radius 2 is 2.22 bits per heavy atom. The predicted molar refractivity (Wildman–Crippen MR) is 75.9 cm³/mol. The minimum atomic E-state index is 0.440. The van der Waals surface area contributed by atoms with Crippen LogP contribution in [0.2, 0.25) is 0 Å². The van der Waals surface area contributed by atoms with E-state index in [0.29, 0.717) is 12.0 Å². The summed E-state index contributed by atoms with van der Waals surface area (Å²) in [6.45, 7) is 9.45. The monoisotopic (exact) mass is 247 g/mol. The number of nitrogens with one attached hydrogen (secondary N) is 1. The van der Waals surface area contributed by atoms with E-state index in [1.807, 2.05) is 0 Å². The van der Waals surface area contributed by atoms with Gasteiger partial charge in [-0.05, 0) is 49.9 Å². The van der Waals surface area contributed by atoms with E-state index >= 15 is 0 Å². The number of hydrogen-bond acceptors (Lipinski definition) is 2. The Balaban J connectivity index is 2.25. The SMILES string of the molecule is CCNC(c1cccc(C)c1C)C1CCCOC1. The zero-order chi connectivity index (χ0) is 13.0. The van der Waals surface area contributed by atoms with Gasteiger partial charge in [0.15, 0.2) is 0 Å². The Morgan fingerprint density at radius 3 is 2.89 bits per heavy atom. The van der Waals surface area contributed by atoms with E-state index in [0.717, 1.165) is 19.8 Å². The van der Waals surface area contributed by atoms with Crippen LogP contribution in [0.1, 0.15) is 42.5 Å². The maximum absolute atomic E-state index is 5.66. The summed E-state index contributed by atoms with van der Waals surface area (Å²) in [5, 5.41) is 3.66. The van der Waals surface area contributed by atoms with Crippen LogP contribution in [-0.4, -0.2) is 19.8 Å². The summed E-state index contributed by atoms with van der Waals surface area (Å²) < 4.78 is 5.66. The first-order chi connectivity index (χ1) is 8.74.